The van der Waals surface area contributed by atoms with Crippen molar-refractivity contribution in [2.75, 3.05) is 29.3 Å². The zero-order chi connectivity index (χ0) is 25.9. The zero-order valence-electron chi connectivity index (χ0n) is 19.6. The number of para-hydroxylation sites is 1. The molecule has 0 unspecified atom stereocenters. The Morgan fingerprint density at radius 3 is 2.28 bits per heavy atom. The number of carbonyl (C=O) groups is 2. The molecule has 0 aromatic heterocycles. The van der Waals surface area contributed by atoms with E-state index in [1.807, 2.05) is 6.92 Å². The number of amides is 2. The summed E-state index contributed by atoms with van der Waals surface area (Å²) in [6, 6.07) is 17.4. The minimum absolute atomic E-state index is 0.0246. The van der Waals surface area contributed by atoms with Gasteiger partial charge in [0.1, 0.15) is 6.54 Å². The molecule has 0 radical (unpaired) electrons. The molecule has 3 aromatic carbocycles. The normalized spacial score (nSPS) is 13.5. The second kappa shape index (κ2) is 10.9. The van der Waals surface area contributed by atoms with Gasteiger partial charge in [-0.3, -0.25) is 13.9 Å². The van der Waals surface area contributed by atoms with Gasteiger partial charge in [-0.05, 0) is 62.2 Å². The Labute approximate surface area is 220 Å². The van der Waals surface area contributed by atoms with Crippen molar-refractivity contribution in [1.82, 2.24) is 4.90 Å². The number of anilines is 2. The van der Waals surface area contributed by atoms with Crippen LogP contribution in [-0.4, -0.2) is 44.8 Å². The first kappa shape index (κ1) is 26.0. The maximum absolute atomic E-state index is 13.6. The van der Waals surface area contributed by atoms with Crippen LogP contribution in [0.2, 0.25) is 10.0 Å². The van der Waals surface area contributed by atoms with Crippen molar-refractivity contribution >= 4 is 56.4 Å². The van der Waals surface area contributed by atoms with Crippen molar-refractivity contribution in [3.05, 3.63) is 87.9 Å². The molecule has 1 saturated heterocycles. The van der Waals surface area contributed by atoms with Crippen molar-refractivity contribution in [3.63, 3.8) is 0 Å². The summed E-state index contributed by atoms with van der Waals surface area (Å²) < 4.78 is 28.1. The second-order valence-electron chi connectivity index (χ2n) is 8.52. The fourth-order valence-corrected chi connectivity index (χ4v) is 5.69. The molecule has 4 rings (SSSR count). The Morgan fingerprint density at radius 1 is 0.944 bits per heavy atom. The van der Waals surface area contributed by atoms with E-state index in [1.165, 1.54) is 30.3 Å². The predicted molar refractivity (Wildman–Crippen MR) is 142 cm³/mol. The summed E-state index contributed by atoms with van der Waals surface area (Å²) in [6.45, 7) is 2.64. The number of hydrogen-bond donors (Lipinski definition) is 1. The standard InChI is InChI=1S/C26H25Cl2N3O4S/c1-18-8-11-20(12-9-18)36(34,35)31(19-10-13-22(27)23(28)16-19)17-25(32)29-24-7-3-2-6-21(24)26(33)30-14-4-5-15-30/h2-3,6-13,16H,4-5,14-15,17H2,1H3,(H,29,32). The van der Waals surface area contributed by atoms with Gasteiger partial charge in [-0.2, -0.15) is 0 Å². The molecule has 1 heterocycles. The quantitative estimate of drug-likeness (QED) is 0.432. The number of nitrogens with zero attached hydrogens (tertiary/aromatic N) is 2. The van der Waals surface area contributed by atoms with Gasteiger partial charge in [-0.25, -0.2) is 8.42 Å². The van der Waals surface area contributed by atoms with Crippen LogP contribution in [0.25, 0.3) is 0 Å². The fourth-order valence-electron chi connectivity index (χ4n) is 3.98. The van der Waals surface area contributed by atoms with E-state index in [1.54, 1.807) is 41.3 Å². The van der Waals surface area contributed by atoms with Crippen LogP contribution in [0.15, 0.2) is 71.6 Å². The molecule has 2 amide bonds. The first-order valence-electron chi connectivity index (χ1n) is 11.4. The highest BCUT2D eigenvalue weighted by Crippen LogP contribution is 2.31. The van der Waals surface area contributed by atoms with E-state index < -0.39 is 22.5 Å². The van der Waals surface area contributed by atoms with Crippen molar-refractivity contribution in [2.45, 2.75) is 24.7 Å². The molecule has 1 fully saturated rings. The summed E-state index contributed by atoms with van der Waals surface area (Å²) in [5.74, 6) is -0.782. The first-order valence-corrected chi connectivity index (χ1v) is 13.6. The molecule has 7 nitrogen and oxygen atoms in total. The van der Waals surface area contributed by atoms with Crippen molar-refractivity contribution in [2.24, 2.45) is 0 Å². The number of nitrogens with one attached hydrogen (secondary N) is 1. The Balaban J connectivity index is 1.64. The first-order chi connectivity index (χ1) is 17.2. The number of likely N-dealkylation sites (tertiary alicyclic amines) is 1. The topological polar surface area (TPSA) is 86.8 Å². The molecule has 0 saturated carbocycles. The average Bonchev–Trinajstić information content (AvgIpc) is 3.40. The molecule has 1 aliphatic heterocycles. The largest absolute Gasteiger partial charge is 0.339 e. The second-order valence-corrected chi connectivity index (χ2v) is 11.2. The van der Waals surface area contributed by atoms with Crippen LogP contribution < -0.4 is 9.62 Å². The van der Waals surface area contributed by atoms with Crippen LogP contribution in [0, 0.1) is 6.92 Å². The smallest absolute Gasteiger partial charge is 0.264 e. The lowest BCUT2D eigenvalue weighted by atomic mass is 10.1. The molecule has 0 aliphatic carbocycles. The van der Waals surface area contributed by atoms with Gasteiger partial charge >= 0.3 is 0 Å². The van der Waals surface area contributed by atoms with E-state index >= 15 is 0 Å². The highest BCUT2D eigenvalue weighted by Gasteiger charge is 2.29. The zero-order valence-corrected chi connectivity index (χ0v) is 21.9. The third kappa shape index (κ3) is 5.67. The van der Waals surface area contributed by atoms with Crippen LogP contribution in [0.4, 0.5) is 11.4 Å². The maximum Gasteiger partial charge on any atom is 0.264 e. The van der Waals surface area contributed by atoms with Crippen LogP contribution in [0.5, 0.6) is 0 Å². The molecule has 188 valence electrons. The Kier molecular flexibility index (Phi) is 7.88. The summed E-state index contributed by atoms with van der Waals surface area (Å²) >= 11 is 12.2. The molecule has 0 bridgehead atoms. The molecular formula is C26H25Cl2N3O4S. The van der Waals surface area contributed by atoms with Crippen LogP contribution in [0.1, 0.15) is 28.8 Å². The van der Waals surface area contributed by atoms with E-state index in [0.29, 0.717) is 24.3 Å². The van der Waals surface area contributed by atoms with Gasteiger partial charge in [0.15, 0.2) is 0 Å². The molecule has 0 spiro atoms. The highest BCUT2D eigenvalue weighted by atomic mass is 35.5. The summed E-state index contributed by atoms with van der Waals surface area (Å²) in [5.41, 5.74) is 1.75. The van der Waals surface area contributed by atoms with Crippen LogP contribution in [0.3, 0.4) is 0 Å². The Hall–Kier alpha value is -3.07. The third-order valence-electron chi connectivity index (χ3n) is 5.91. The number of sulfonamides is 1. The van der Waals surface area contributed by atoms with Gasteiger partial charge in [0, 0.05) is 13.1 Å². The van der Waals surface area contributed by atoms with Crippen LogP contribution >= 0.6 is 23.2 Å². The van der Waals surface area contributed by atoms with Crippen molar-refractivity contribution < 1.29 is 18.0 Å². The van der Waals surface area contributed by atoms with Gasteiger partial charge in [0.2, 0.25) is 5.91 Å². The van der Waals surface area contributed by atoms with E-state index in [2.05, 4.69) is 5.32 Å². The highest BCUT2D eigenvalue weighted by molar-refractivity contribution is 7.92. The summed E-state index contributed by atoms with van der Waals surface area (Å²) in [6.07, 6.45) is 1.88. The molecule has 10 heteroatoms. The molecule has 36 heavy (non-hydrogen) atoms. The van der Waals surface area contributed by atoms with Crippen LogP contribution in [-0.2, 0) is 14.8 Å². The van der Waals surface area contributed by atoms with Gasteiger partial charge in [-0.15, -0.1) is 0 Å². The lowest BCUT2D eigenvalue weighted by Gasteiger charge is -2.25. The molecule has 1 aliphatic rings. The third-order valence-corrected chi connectivity index (χ3v) is 8.44. The SMILES string of the molecule is Cc1ccc(S(=O)(=O)N(CC(=O)Nc2ccccc2C(=O)N2CCCC2)c2ccc(Cl)c(Cl)c2)cc1. The average molecular weight is 546 g/mol. The van der Waals surface area contributed by atoms with Gasteiger partial charge in [0.25, 0.3) is 15.9 Å². The monoisotopic (exact) mass is 545 g/mol. The lowest BCUT2D eigenvalue weighted by molar-refractivity contribution is -0.114. The minimum atomic E-state index is -4.13. The molecular weight excluding hydrogens is 521 g/mol. The Morgan fingerprint density at radius 2 is 1.61 bits per heavy atom. The molecule has 0 atom stereocenters. The number of halogens is 2. The van der Waals surface area contributed by atoms with Gasteiger partial charge in [-0.1, -0.05) is 53.0 Å². The molecule has 1 N–H and O–H groups in total. The van der Waals surface area contributed by atoms with E-state index in [9.17, 15) is 18.0 Å². The Bertz CT molecular complexity index is 1390. The minimum Gasteiger partial charge on any atom is -0.339 e. The van der Waals surface area contributed by atoms with Gasteiger partial charge < -0.3 is 10.2 Å². The summed E-state index contributed by atoms with van der Waals surface area (Å²) in [7, 11) is -4.13. The lowest BCUT2D eigenvalue weighted by Crippen LogP contribution is -2.38. The maximum atomic E-state index is 13.6. The molecule has 3 aromatic rings. The van der Waals surface area contributed by atoms with Crippen molar-refractivity contribution in [3.8, 4) is 0 Å². The predicted octanol–water partition coefficient (Wildman–Crippen LogP) is 5.37. The summed E-state index contributed by atoms with van der Waals surface area (Å²) in [4.78, 5) is 27.9. The van der Waals surface area contributed by atoms with E-state index in [0.717, 1.165) is 22.7 Å². The van der Waals surface area contributed by atoms with E-state index in [4.69, 9.17) is 23.2 Å². The number of hydrogen-bond acceptors (Lipinski definition) is 4. The fraction of sp³-hybridized carbons (Fsp3) is 0.231. The number of benzene rings is 3. The number of rotatable bonds is 7. The van der Waals surface area contributed by atoms with Crippen molar-refractivity contribution in [1.29, 1.82) is 0 Å². The van der Waals surface area contributed by atoms with Gasteiger partial charge in [0.05, 0.1) is 31.9 Å². The summed E-state index contributed by atoms with van der Waals surface area (Å²) in [5, 5.41) is 3.13. The number of carbonyl (C=O) groups excluding carboxylic acids is 2. The number of aryl methyl sites for hydroxylation is 1. The van der Waals surface area contributed by atoms with E-state index in [-0.39, 0.29) is 26.5 Å².